The van der Waals surface area contributed by atoms with Gasteiger partial charge in [-0.1, -0.05) is 41.7 Å². The molecule has 4 rings (SSSR count). The number of benzene rings is 1. The van der Waals surface area contributed by atoms with Crippen molar-refractivity contribution in [3.05, 3.63) is 65.3 Å². The van der Waals surface area contributed by atoms with Crippen molar-refractivity contribution in [3.8, 4) is 11.3 Å². The van der Waals surface area contributed by atoms with Crippen molar-refractivity contribution in [2.24, 2.45) is 5.10 Å². The Morgan fingerprint density at radius 3 is 2.75 bits per heavy atom. The molecule has 1 amide bonds. The molecule has 0 unspecified atom stereocenters. The second kappa shape index (κ2) is 8.73. The number of nitrogens with one attached hydrogen (secondary N) is 1. The fraction of sp³-hybridized carbons (Fsp3) is 0.200. The van der Waals surface area contributed by atoms with Gasteiger partial charge in [0.05, 0.1) is 35.6 Å². The molecular weight excluding hydrogens is 374 g/mol. The third-order valence-electron chi connectivity index (χ3n) is 4.24. The van der Waals surface area contributed by atoms with Crippen LogP contribution in [-0.4, -0.2) is 48.4 Å². The van der Waals surface area contributed by atoms with Crippen LogP contribution >= 0.6 is 11.3 Å². The van der Waals surface area contributed by atoms with Crippen LogP contribution in [0.5, 0.6) is 0 Å². The highest BCUT2D eigenvalue weighted by atomic mass is 32.1. The Kier molecular flexibility index (Phi) is 5.69. The van der Waals surface area contributed by atoms with Gasteiger partial charge in [-0.25, -0.2) is 10.4 Å². The lowest BCUT2D eigenvalue weighted by Gasteiger charge is -2.26. The highest BCUT2D eigenvalue weighted by Crippen LogP contribution is 2.32. The summed E-state index contributed by atoms with van der Waals surface area (Å²) in [5.41, 5.74) is 4.88. The zero-order valence-electron chi connectivity index (χ0n) is 15.1. The SMILES string of the molecule is O=C(N/N=C\c1sc(N2CCOCC2)nc1-c1ccccc1)c1cccnc1. The van der Waals surface area contributed by atoms with Crippen molar-refractivity contribution >= 4 is 28.6 Å². The normalized spacial score (nSPS) is 14.4. The van der Waals surface area contributed by atoms with Crippen molar-refractivity contribution in [2.75, 3.05) is 31.2 Å². The third kappa shape index (κ3) is 4.24. The second-order valence-electron chi connectivity index (χ2n) is 6.12. The van der Waals surface area contributed by atoms with E-state index in [1.807, 2.05) is 30.3 Å². The lowest BCUT2D eigenvalue weighted by molar-refractivity contribution is 0.0954. The summed E-state index contributed by atoms with van der Waals surface area (Å²) in [6, 6.07) is 13.4. The second-order valence-corrected chi connectivity index (χ2v) is 7.12. The van der Waals surface area contributed by atoms with Crippen LogP contribution in [0, 0.1) is 0 Å². The number of pyridine rings is 1. The first-order valence-corrected chi connectivity index (χ1v) is 9.75. The van der Waals surface area contributed by atoms with Gasteiger partial charge in [-0.05, 0) is 12.1 Å². The number of thiazole rings is 1. The molecule has 1 aliphatic heterocycles. The standard InChI is InChI=1S/C20H19N5O2S/c26-19(16-7-4-8-21-13-16)24-22-14-17-18(15-5-2-1-3-6-15)23-20(28-17)25-9-11-27-12-10-25/h1-8,13-14H,9-12H2,(H,24,26)/b22-14-. The minimum atomic E-state index is -0.302. The van der Waals surface area contributed by atoms with Crippen LogP contribution < -0.4 is 10.3 Å². The molecule has 0 bridgehead atoms. The van der Waals surface area contributed by atoms with Gasteiger partial charge in [0.15, 0.2) is 5.13 Å². The number of rotatable bonds is 5. The van der Waals surface area contributed by atoms with Crippen molar-refractivity contribution in [3.63, 3.8) is 0 Å². The van der Waals surface area contributed by atoms with E-state index in [4.69, 9.17) is 9.72 Å². The molecule has 7 nitrogen and oxygen atoms in total. The largest absolute Gasteiger partial charge is 0.378 e. The average Bonchev–Trinajstić information content (AvgIpc) is 3.20. The Balaban J connectivity index is 1.57. The molecule has 0 aliphatic carbocycles. The molecule has 2 aromatic heterocycles. The van der Waals surface area contributed by atoms with Gasteiger partial charge in [0.25, 0.3) is 5.91 Å². The summed E-state index contributed by atoms with van der Waals surface area (Å²) in [5.74, 6) is -0.302. The number of morpholine rings is 1. The maximum atomic E-state index is 12.1. The molecule has 0 saturated carbocycles. The Hall–Kier alpha value is -3.10. The minimum absolute atomic E-state index is 0.302. The van der Waals surface area contributed by atoms with E-state index in [1.54, 1.807) is 35.9 Å². The van der Waals surface area contributed by atoms with E-state index in [-0.39, 0.29) is 5.91 Å². The summed E-state index contributed by atoms with van der Waals surface area (Å²) in [5, 5.41) is 5.07. The summed E-state index contributed by atoms with van der Waals surface area (Å²) in [6.45, 7) is 3.03. The molecule has 1 saturated heterocycles. The van der Waals surface area contributed by atoms with Crippen LogP contribution in [-0.2, 0) is 4.74 Å². The van der Waals surface area contributed by atoms with Gasteiger partial charge in [-0.2, -0.15) is 5.10 Å². The molecule has 8 heteroatoms. The fourth-order valence-electron chi connectivity index (χ4n) is 2.81. The van der Waals surface area contributed by atoms with E-state index in [9.17, 15) is 4.79 Å². The van der Waals surface area contributed by atoms with Crippen LogP contribution in [0.1, 0.15) is 15.2 Å². The summed E-state index contributed by atoms with van der Waals surface area (Å²) in [7, 11) is 0. The Bertz CT molecular complexity index is 953. The van der Waals surface area contributed by atoms with Crippen molar-refractivity contribution in [1.82, 2.24) is 15.4 Å². The summed E-state index contributed by atoms with van der Waals surface area (Å²) >= 11 is 1.55. The lowest BCUT2D eigenvalue weighted by Crippen LogP contribution is -2.36. The maximum absolute atomic E-state index is 12.1. The number of carbonyl (C=O) groups is 1. The van der Waals surface area contributed by atoms with Crippen LogP contribution in [0.2, 0.25) is 0 Å². The van der Waals surface area contributed by atoms with Crippen LogP contribution in [0.3, 0.4) is 0 Å². The van der Waals surface area contributed by atoms with Crippen molar-refractivity contribution in [1.29, 1.82) is 0 Å². The van der Waals surface area contributed by atoms with Gasteiger partial charge in [0.2, 0.25) is 0 Å². The maximum Gasteiger partial charge on any atom is 0.272 e. The Morgan fingerprint density at radius 1 is 1.18 bits per heavy atom. The van der Waals surface area contributed by atoms with Crippen molar-refractivity contribution in [2.45, 2.75) is 0 Å². The summed E-state index contributed by atoms with van der Waals surface area (Å²) in [6.07, 6.45) is 4.78. The first-order valence-electron chi connectivity index (χ1n) is 8.93. The van der Waals surface area contributed by atoms with E-state index in [1.165, 1.54) is 6.20 Å². The van der Waals surface area contributed by atoms with Gasteiger partial charge in [-0.15, -0.1) is 0 Å². The van der Waals surface area contributed by atoms with Crippen molar-refractivity contribution < 1.29 is 9.53 Å². The molecule has 1 aliphatic rings. The summed E-state index contributed by atoms with van der Waals surface area (Å²) < 4.78 is 5.43. The molecule has 3 heterocycles. The number of hydrogen-bond acceptors (Lipinski definition) is 7. The van der Waals surface area contributed by atoms with Gasteiger partial charge < -0.3 is 9.64 Å². The van der Waals surface area contributed by atoms with E-state index in [2.05, 4.69) is 20.4 Å². The third-order valence-corrected chi connectivity index (χ3v) is 5.29. The number of hydrogen-bond donors (Lipinski definition) is 1. The minimum Gasteiger partial charge on any atom is -0.378 e. The summed E-state index contributed by atoms with van der Waals surface area (Å²) in [4.78, 5) is 24.0. The molecule has 1 N–H and O–H groups in total. The first kappa shape index (κ1) is 18.3. The number of anilines is 1. The van der Waals surface area contributed by atoms with E-state index < -0.39 is 0 Å². The van der Waals surface area contributed by atoms with Gasteiger partial charge in [0, 0.05) is 31.0 Å². The smallest absolute Gasteiger partial charge is 0.272 e. The Labute approximate surface area is 166 Å². The predicted molar refractivity (Wildman–Crippen MR) is 110 cm³/mol. The number of amides is 1. The number of hydrazone groups is 1. The molecule has 1 fully saturated rings. The topological polar surface area (TPSA) is 79.7 Å². The van der Waals surface area contributed by atoms with E-state index >= 15 is 0 Å². The average molecular weight is 393 g/mol. The highest BCUT2D eigenvalue weighted by molar-refractivity contribution is 7.17. The van der Waals surface area contributed by atoms with Crippen LogP contribution in [0.15, 0.2) is 60.0 Å². The van der Waals surface area contributed by atoms with Crippen LogP contribution in [0.25, 0.3) is 11.3 Å². The molecule has 0 radical (unpaired) electrons. The molecule has 0 atom stereocenters. The van der Waals surface area contributed by atoms with E-state index in [0.717, 1.165) is 34.4 Å². The first-order chi connectivity index (χ1) is 13.8. The molecule has 1 aromatic carbocycles. The predicted octanol–water partition coefficient (Wildman–Crippen LogP) is 2.81. The molecule has 28 heavy (non-hydrogen) atoms. The van der Waals surface area contributed by atoms with Gasteiger partial charge >= 0.3 is 0 Å². The highest BCUT2D eigenvalue weighted by Gasteiger charge is 2.18. The number of carbonyl (C=O) groups excluding carboxylic acids is 1. The molecular formula is C20H19N5O2S. The Morgan fingerprint density at radius 2 is 2.00 bits per heavy atom. The molecule has 0 spiro atoms. The monoisotopic (exact) mass is 393 g/mol. The van der Waals surface area contributed by atoms with E-state index in [0.29, 0.717) is 18.8 Å². The van der Waals surface area contributed by atoms with Gasteiger partial charge in [0.1, 0.15) is 0 Å². The molecule has 142 valence electrons. The zero-order valence-corrected chi connectivity index (χ0v) is 15.9. The number of nitrogens with zero attached hydrogens (tertiary/aromatic N) is 4. The number of aromatic nitrogens is 2. The van der Waals surface area contributed by atoms with Crippen LogP contribution in [0.4, 0.5) is 5.13 Å². The fourth-order valence-corrected chi connectivity index (χ4v) is 3.82. The lowest BCUT2D eigenvalue weighted by atomic mass is 10.1. The molecule has 3 aromatic rings. The zero-order chi connectivity index (χ0) is 19.2. The quantitative estimate of drug-likeness (QED) is 0.533. The van der Waals surface area contributed by atoms with Gasteiger partial charge in [-0.3, -0.25) is 9.78 Å². The number of ether oxygens (including phenoxy) is 1.